The standard InChI is InChI=1S/C28H27N3O5S/c1-34-23-14-20(15-24(35-2)25(23)36-3)27(33)31-28(37)30-22-10-6-9-21(16-22)29-26(32)19-12-11-17-7-4-5-8-18(17)13-19/h4-16,28,30,37H,1-3H3,(H,29,32)(H,31,33). The summed E-state index contributed by atoms with van der Waals surface area (Å²) in [7, 11) is 4.45. The highest BCUT2D eigenvalue weighted by Gasteiger charge is 2.18. The van der Waals surface area contributed by atoms with Gasteiger partial charge in [-0.15, -0.1) is 12.6 Å². The Hall–Kier alpha value is -4.37. The van der Waals surface area contributed by atoms with Gasteiger partial charge >= 0.3 is 0 Å². The summed E-state index contributed by atoms with van der Waals surface area (Å²) in [6.45, 7) is 0. The Kier molecular flexibility index (Phi) is 8.05. The molecule has 0 spiro atoms. The summed E-state index contributed by atoms with van der Waals surface area (Å²) < 4.78 is 15.9. The molecule has 4 rings (SSSR count). The monoisotopic (exact) mass is 517 g/mol. The molecule has 0 heterocycles. The normalized spacial score (nSPS) is 11.4. The molecule has 1 unspecified atom stereocenters. The fourth-order valence-electron chi connectivity index (χ4n) is 3.83. The molecule has 37 heavy (non-hydrogen) atoms. The molecule has 0 aliphatic carbocycles. The number of fused-ring (bicyclic) bond motifs is 1. The molecular weight excluding hydrogens is 490 g/mol. The first-order valence-corrected chi connectivity index (χ1v) is 11.9. The topological polar surface area (TPSA) is 97.9 Å². The predicted octanol–water partition coefficient (Wildman–Crippen LogP) is 5.17. The van der Waals surface area contributed by atoms with Gasteiger partial charge in [0.1, 0.15) is 5.50 Å². The van der Waals surface area contributed by atoms with Crippen molar-refractivity contribution in [2.75, 3.05) is 32.0 Å². The quantitative estimate of drug-likeness (QED) is 0.181. The lowest BCUT2D eigenvalue weighted by Crippen LogP contribution is -2.36. The molecule has 2 amide bonds. The minimum atomic E-state index is -0.724. The number of rotatable bonds is 9. The number of hydrogen-bond donors (Lipinski definition) is 4. The fraction of sp³-hybridized carbons (Fsp3) is 0.143. The lowest BCUT2D eigenvalue weighted by molar-refractivity contribution is 0.0951. The Morgan fingerprint density at radius 1 is 0.703 bits per heavy atom. The molecule has 0 aliphatic rings. The molecule has 0 aromatic heterocycles. The van der Waals surface area contributed by atoms with Gasteiger partial charge in [0, 0.05) is 22.5 Å². The third-order valence-corrected chi connectivity index (χ3v) is 5.89. The summed E-state index contributed by atoms with van der Waals surface area (Å²) in [6, 6.07) is 23.7. The van der Waals surface area contributed by atoms with Crippen LogP contribution in [0.2, 0.25) is 0 Å². The molecule has 8 nitrogen and oxygen atoms in total. The number of hydrogen-bond acceptors (Lipinski definition) is 7. The van der Waals surface area contributed by atoms with Crippen LogP contribution in [0.3, 0.4) is 0 Å². The number of nitrogens with one attached hydrogen (secondary N) is 3. The molecule has 0 fully saturated rings. The van der Waals surface area contributed by atoms with Gasteiger partial charge in [0.25, 0.3) is 11.8 Å². The highest BCUT2D eigenvalue weighted by molar-refractivity contribution is 7.81. The number of amides is 2. The molecule has 3 N–H and O–H groups in total. The van der Waals surface area contributed by atoms with E-state index >= 15 is 0 Å². The SMILES string of the molecule is COc1cc(C(=O)NC(S)Nc2cccc(NC(=O)c3ccc4ccccc4c3)c2)cc(OC)c1OC. The molecule has 4 aromatic rings. The number of thiol groups is 1. The van der Waals surface area contributed by atoms with Crippen LogP contribution in [-0.4, -0.2) is 38.6 Å². The van der Waals surface area contributed by atoms with Gasteiger partial charge in [0.05, 0.1) is 21.3 Å². The zero-order valence-corrected chi connectivity index (χ0v) is 21.5. The lowest BCUT2D eigenvalue weighted by atomic mass is 10.1. The van der Waals surface area contributed by atoms with Crippen LogP contribution in [0.4, 0.5) is 11.4 Å². The minimum Gasteiger partial charge on any atom is -0.493 e. The first-order valence-electron chi connectivity index (χ1n) is 11.4. The zero-order valence-electron chi connectivity index (χ0n) is 20.6. The van der Waals surface area contributed by atoms with Crippen LogP contribution in [0.1, 0.15) is 20.7 Å². The van der Waals surface area contributed by atoms with Gasteiger partial charge in [-0.05, 0) is 53.2 Å². The molecule has 1 atom stereocenters. The van der Waals surface area contributed by atoms with E-state index in [-0.39, 0.29) is 5.91 Å². The number of carbonyl (C=O) groups excluding carboxylic acids is 2. The number of benzene rings is 4. The van der Waals surface area contributed by atoms with E-state index in [1.54, 1.807) is 42.5 Å². The van der Waals surface area contributed by atoms with Crippen LogP contribution >= 0.6 is 12.6 Å². The van der Waals surface area contributed by atoms with Crippen LogP contribution in [0.25, 0.3) is 10.8 Å². The molecule has 4 aromatic carbocycles. The zero-order chi connectivity index (χ0) is 26.4. The fourth-order valence-corrected chi connectivity index (χ4v) is 4.10. The van der Waals surface area contributed by atoms with E-state index in [4.69, 9.17) is 14.2 Å². The molecule has 9 heteroatoms. The maximum Gasteiger partial charge on any atom is 0.255 e. The first-order chi connectivity index (χ1) is 17.9. The summed E-state index contributed by atoms with van der Waals surface area (Å²) in [5.74, 6) is 0.509. The predicted molar refractivity (Wildman–Crippen MR) is 148 cm³/mol. The Labute approximate surface area is 220 Å². The van der Waals surface area contributed by atoms with Gasteiger partial charge < -0.3 is 30.2 Å². The lowest BCUT2D eigenvalue weighted by Gasteiger charge is -2.18. The van der Waals surface area contributed by atoms with Crippen LogP contribution in [0.5, 0.6) is 17.2 Å². The van der Waals surface area contributed by atoms with Gasteiger partial charge in [-0.25, -0.2) is 0 Å². The maximum atomic E-state index is 12.8. The Bertz CT molecular complexity index is 1420. The van der Waals surface area contributed by atoms with E-state index in [1.807, 2.05) is 36.4 Å². The second-order valence-corrected chi connectivity index (χ2v) is 8.55. The van der Waals surface area contributed by atoms with E-state index in [9.17, 15) is 9.59 Å². The van der Waals surface area contributed by atoms with Crippen molar-refractivity contribution in [3.63, 3.8) is 0 Å². The van der Waals surface area contributed by atoms with Crippen LogP contribution in [0.15, 0.2) is 78.9 Å². The smallest absolute Gasteiger partial charge is 0.255 e. The van der Waals surface area contributed by atoms with Gasteiger partial charge in [-0.2, -0.15) is 0 Å². The van der Waals surface area contributed by atoms with Gasteiger partial charge in [0.2, 0.25) is 5.75 Å². The number of carbonyl (C=O) groups is 2. The highest BCUT2D eigenvalue weighted by Crippen LogP contribution is 2.38. The Morgan fingerprint density at radius 3 is 2.05 bits per heavy atom. The summed E-state index contributed by atoms with van der Waals surface area (Å²) in [6.07, 6.45) is 0. The second-order valence-electron chi connectivity index (χ2n) is 8.03. The van der Waals surface area contributed by atoms with E-state index in [1.165, 1.54) is 21.3 Å². The average Bonchev–Trinajstić information content (AvgIpc) is 2.91. The number of ether oxygens (including phenoxy) is 3. The number of methoxy groups -OCH3 is 3. The first kappa shape index (κ1) is 25.7. The van der Waals surface area contributed by atoms with Crippen molar-refractivity contribution in [1.29, 1.82) is 0 Å². The number of anilines is 2. The molecule has 0 aliphatic heterocycles. The van der Waals surface area contributed by atoms with Crippen LogP contribution < -0.4 is 30.2 Å². The Morgan fingerprint density at radius 2 is 1.38 bits per heavy atom. The summed E-state index contributed by atoms with van der Waals surface area (Å²) in [4.78, 5) is 25.6. The van der Waals surface area contributed by atoms with E-state index in [0.717, 1.165) is 10.8 Å². The second kappa shape index (κ2) is 11.6. The third-order valence-electron chi connectivity index (χ3n) is 5.63. The molecule has 0 saturated heterocycles. The highest BCUT2D eigenvalue weighted by atomic mass is 32.1. The van der Waals surface area contributed by atoms with Crippen molar-refractivity contribution in [1.82, 2.24) is 5.32 Å². The molecular formula is C28H27N3O5S. The average molecular weight is 518 g/mol. The molecule has 0 radical (unpaired) electrons. The summed E-state index contributed by atoms with van der Waals surface area (Å²) in [5.41, 5.74) is 1.40. The van der Waals surface area contributed by atoms with Gasteiger partial charge in [-0.1, -0.05) is 36.4 Å². The van der Waals surface area contributed by atoms with Crippen molar-refractivity contribution < 1.29 is 23.8 Å². The van der Waals surface area contributed by atoms with Crippen LogP contribution in [0, 0.1) is 0 Å². The van der Waals surface area contributed by atoms with E-state index in [0.29, 0.717) is 39.8 Å². The summed E-state index contributed by atoms with van der Waals surface area (Å²) >= 11 is 4.45. The van der Waals surface area contributed by atoms with Crippen molar-refractivity contribution in [2.24, 2.45) is 0 Å². The largest absolute Gasteiger partial charge is 0.493 e. The van der Waals surface area contributed by atoms with Crippen LogP contribution in [-0.2, 0) is 0 Å². The molecule has 0 bridgehead atoms. The van der Waals surface area contributed by atoms with Gasteiger partial charge in [-0.3, -0.25) is 9.59 Å². The van der Waals surface area contributed by atoms with Crippen molar-refractivity contribution in [2.45, 2.75) is 5.50 Å². The minimum absolute atomic E-state index is 0.221. The maximum absolute atomic E-state index is 12.8. The van der Waals surface area contributed by atoms with Crippen molar-refractivity contribution in [3.8, 4) is 17.2 Å². The third kappa shape index (κ3) is 6.07. The Balaban J connectivity index is 1.41. The molecule has 190 valence electrons. The van der Waals surface area contributed by atoms with Crippen molar-refractivity contribution >= 4 is 46.6 Å². The van der Waals surface area contributed by atoms with Crippen molar-refractivity contribution in [3.05, 3.63) is 90.0 Å². The van der Waals surface area contributed by atoms with E-state index < -0.39 is 11.4 Å². The molecule has 0 saturated carbocycles. The summed E-state index contributed by atoms with van der Waals surface area (Å²) in [5, 5.41) is 10.8. The van der Waals surface area contributed by atoms with Gasteiger partial charge in [0.15, 0.2) is 11.5 Å². The van der Waals surface area contributed by atoms with E-state index in [2.05, 4.69) is 28.6 Å².